The number of amides is 2. The molecular weight excluding hydrogens is 606 g/mol. The molecule has 3 aromatic rings. The lowest BCUT2D eigenvalue weighted by atomic mass is 9.99. The monoisotopic (exact) mass is 629 g/mol. The van der Waals surface area contributed by atoms with Gasteiger partial charge >= 0.3 is 6.18 Å². The van der Waals surface area contributed by atoms with Crippen molar-refractivity contribution in [1.82, 2.24) is 20.1 Å². The van der Waals surface area contributed by atoms with Gasteiger partial charge in [-0.1, -0.05) is 29.3 Å². The van der Waals surface area contributed by atoms with Gasteiger partial charge in [-0.15, -0.1) is 4.83 Å². The normalized spacial score (nSPS) is 13.4. The number of alkyl halides is 3. The number of nitrogens with zero attached hydrogens (tertiary/aromatic N) is 2. The van der Waals surface area contributed by atoms with E-state index < -0.39 is 27.7 Å². The van der Waals surface area contributed by atoms with E-state index in [-0.39, 0.29) is 47.6 Å². The van der Waals surface area contributed by atoms with Gasteiger partial charge in [0.2, 0.25) is 5.91 Å². The van der Waals surface area contributed by atoms with Crippen molar-refractivity contribution in [3.8, 4) is 0 Å². The van der Waals surface area contributed by atoms with Crippen molar-refractivity contribution in [2.75, 3.05) is 18.4 Å². The molecule has 218 valence electrons. The van der Waals surface area contributed by atoms with Crippen molar-refractivity contribution >= 4 is 50.9 Å². The van der Waals surface area contributed by atoms with Crippen LogP contribution in [0.5, 0.6) is 0 Å². The van der Waals surface area contributed by atoms with Crippen LogP contribution in [-0.4, -0.2) is 43.2 Å². The number of hydrogen-bond acceptors (Lipinski definition) is 6. The number of hydrazine groups is 1. The maximum Gasteiger partial charge on any atom is 0.417 e. The van der Waals surface area contributed by atoms with Gasteiger partial charge in [0, 0.05) is 42.8 Å². The van der Waals surface area contributed by atoms with E-state index in [4.69, 9.17) is 23.2 Å². The Hall–Kier alpha value is -3.39. The van der Waals surface area contributed by atoms with Gasteiger partial charge in [0.05, 0.1) is 15.5 Å². The van der Waals surface area contributed by atoms with Gasteiger partial charge in [0.15, 0.2) is 0 Å². The molecule has 9 nitrogen and oxygen atoms in total. The molecule has 41 heavy (non-hydrogen) atoms. The molecule has 2 heterocycles. The van der Waals surface area contributed by atoms with E-state index in [1.54, 1.807) is 35.2 Å². The zero-order valence-corrected chi connectivity index (χ0v) is 23.6. The summed E-state index contributed by atoms with van der Waals surface area (Å²) in [5, 5.41) is 3.02. The van der Waals surface area contributed by atoms with Gasteiger partial charge in [0.1, 0.15) is 5.82 Å². The third-order valence-electron chi connectivity index (χ3n) is 6.25. The maximum atomic E-state index is 12.9. The molecule has 3 N–H and O–H groups in total. The maximum absolute atomic E-state index is 12.9. The minimum atomic E-state index is -4.57. The van der Waals surface area contributed by atoms with E-state index >= 15 is 0 Å². The zero-order valence-electron chi connectivity index (χ0n) is 21.3. The van der Waals surface area contributed by atoms with Crippen LogP contribution in [0.4, 0.5) is 19.0 Å². The first-order valence-electron chi connectivity index (χ1n) is 12.3. The largest absolute Gasteiger partial charge is 0.417 e. The summed E-state index contributed by atoms with van der Waals surface area (Å²) in [6.07, 6.45) is -3.26. The summed E-state index contributed by atoms with van der Waals surface area (Å²) in [6, 6.07) is 11.8. The molecule has 0 bridgehead atoms. The standard InChI is InChI=1S/C26H24Cl2F3N5O4S/c27-20-6-3-17(4-7-20)25(38)36-11-9-16-5-8-21(12-18(16)15-36)41(39,40)35-34-23(37)2-1-10-32-24-22(28)13-19(14-33-24)26(29,30)31/h3-8,12-14,35H,1-2,9-11,15H2,(H,32,33)(H,34,37). The Morgan fingerprint density at radius 2 is 1.76 bits per heavy atom. The summed E-state index contributed by atoms with van der Waals surface area (Å²) in [4.78, 5) is 32.3. The van der Waals surface area contributed by atoms with E-state index in [0.29, 0.717) is 35.3 Å². The summed E-state index contributed by atoms with van der Waals surface area (Å²) < 4.78 is 63.8. The van der Waals surface area contributed by atoms with Gasteiger partial charge in [-0.05, 0) is 66.4 Å². The highest BCUT2D eigenvalue weighted by Gasteiger charge is 2.31. The van der Waals surface area contributed by atoms with Crippen molar-refractivity contribution in [3.63, 3.8) is 0 Å². The molecule has 2 aromatic carbocycles. The number of fused-ring (bicyclic) bond motifs is 1. The number of nitrogens with one attached hydrogen (secondary N) is 3. The Labute approximate surface area is 244 Å². The van der Waals surface area contributed by atoms with Crippen LogP contribution in [-0.2, 0) is 34.0 Å². The molecule has 0 spiro atoms. The molecule has 0 radical (unpaired) electrons. The van der Waals surface area contributed by atoms with Crippen LogP contribution in [0.3, 0.4) is 0 Å². The van der Waals surface area contributed by atoms with E-state index in [2.05, 4.69) is 20.6 Å². The number of pyridine rings is 1. The fourth-order valence-corrected chi connectivity index (χ4v) is 5.34. The van der Waals surface area contributed by atoms with Crippen LogP contribution < -0.4 is 15.6 Å². The van der Waals surface area contributed by atoms with Crippen molar-refractivity contribution in [3.05, 3.63) is 87.0 Å². The molecule has 4 rings (SSSR count). The number of rotatable bonds is 9. The molecule has 0 unspecified atom stereocenters. The van der Waals surface area contributed by atoms with E-state index in [1.165, 1.54) is 12.1 Å². The SMILES string of the molecule is O=C(CCCNc1ncc(C(F)(F)F)cc1Cl)NNS(=O)(=O)c1ccc2c(c1)CN(C(=O)c1ccc(Cl)cc1)CC2. The minimum absolute atomic E-state index is 0.0293. The first-order chi connectivity index (χ1) is 19.3. The number of halogens is 5. The molecule has 2 amide bonds. The summed E-state index contributed by atoms with van der Waals surface area (Å²) in [5.74, 6) is -0.794. The van der Waals surface area contributed by atoms with Gasteiger partial charge in [-0.2, -0.15) is 13.2 Å². The number of benzene rings is 2. The fourth-order valence-electron chi connectivity index (χ4n) is 4.07. The van der Waals surface area contributed by atoms with Gasteiger partial charge in [-0.3, -0.25) is 15.0 Å². The van der Waals surface area contributed by atoms with Gasteiger partial charge < -0.3 is 10.2 Å². The molecule has 0 saturated heterocycles. The second kappa shape index (κ2) is 12.6. The number of anilines is 1. The fraction of sp³-hybridized carbons (Fsp3) is 0.269. The predicted octanol–water partition coefficient (Wildman–Crippen LogP) is 4.81. The van der Waals surface area contributed by atoms with Crippen molar-refractivity contribution in [2.45, 2.75) is 36.9 Å². The van der Waals surface area contributed by atoms with Crippen LogP contribution in [0.2, 0.25) is 10.0 Å². The second-order valence-electron chi connectivity index (χ2n) is 9.15. The van der Waals surface area contributed by atoms with E-state index in [9.17, 15) is 31.2 Å². The van der Waals surface area contributed by atoms with Gasteiger partial charge in [-0.25, -0.2) is 13.4 Å². The average molecular weight is 630 g/mol. The Morgan fingerprint density at radius 1 is 1.02 bits per heavy atom. The number of hydrogen-bond donors (Lipinski definition) is 3. The van der Waals surface area contributed by atoms with Crippen LogP contribution in [0, 0.1) is 0 Å². The molecule has 0 atom stereocenters. The first kappa shape index (κ1) is 30.6. The molecule has 1 aliphatic rings. The van der Waals surface area contributed by atoms with Crippen molar-refractivity contribution in [1.29, 1.82) is 0 Å². The third-order valence-corrected chi connectivity index (χ3v) is 8.03. The second-order valence-corrected chi connectivity index (χ2v) is 11.7. The molecule has 1 aliphatic heterocycles. The highest BCUT2D eigenvalue weighted by molar-refractivity contribution is 7.89. The highest BCUT2D eigenvalue weighted by atomic mass is 35.5. The van der Waals surface area contributed by atoms with Crippen LogP contribution in [0.25, 0.3) is 0 Å². The lowest BCUT2D eigenvalue weighted by molar-refractivity contribution is -0.137. The molecule has 0 saturated carbocycles. The van der Waals surface area contributed by atoms with Crippen LogP contribution in [0.1, 0.15) is 39.9 Å². The molecule has 0 aliphatic carbocycles. The Morgan fingerprint density at radius 3 is 2.44 bits per heavy atom. The topological polar surface area (TPSA) is 120 Å². The average Bonchev–Trinajstić information content (AvgIpc) is 2.93. The lowest BCUT2D eigenvalue weighted by Crippen LogP contribution is -2.41. The number of carbonyl (C=O) groups excluding carboxylic acids is 2. The zero-order chi connectivity index (χ0) is 29.8. The molecular formula is C26H24Cl2F3N5O4S. The summed E-state index contributed by atoms with van der Waals surface area (Å²) in [6.45, 7) is 0.844. The number of aromatic nitrogens is 1. The van der Waals surface area contributed by atoms with Crippen molar-refractivity contribution < 1.29 is 31.2 Å². The Kier molecular flexibility index (Phi) is 9.42. The molecule has 0 fully saturated rings. The predicted molar refractivity (Wildman–Crippen MR) is 147 cm³/mol. The quantitative estimate of drug-likeness (QED) is 0.231. The molecule has 15 heteroatoms. The molecule has 1 aromatic heterocycles. The smallest absolute Gasteiger partial charge is 0.369 e. The van der Waals surface area contributed by atoms with Crippen molar-refractivity contribution in [2.24, 2.45) is 0 Å². The number of carbonyl (C=O) groups is 2. The number of sulfonamides is 1. The Balaban J connectivity index is 1.28. The van der Waals surface area contributed by atoms with Crippen LogP contribution >= 0.6 is 23.2 Å². The summed E-state index contributed by atoms with van der Waals surface area (Å²) >= 11 is 11.7. The summed E-state index contributed by atoms with van der Waals surface area (Å²) in [7, 11) is -4.11. The van der Waals surface area contributed by atoms with E-state index in [1.807, 2.05) is 0 Å². The summed E-state index contributed by atoms with van der Waals surface area (Å²) in [5.41, 5.74) is 3.23. The van der Waals surface area contributed by atoms with Gasteiger partial charge in [0.25, 0.3) is 15.9 Å². The third kappa shape index (κ3) is 7.88. The van der Waals surface area contributed by atoms with Crippen LogP contribution in [0.15, 0.2) is 59.6 Å². The minimum Gasteiger partial charge on any atom is -0.369 e. The van der Waals surface area contributed by atoms with E-state index in [0.717, 1.165) is 11.6 Å². The first-order valence-corrected chi connectivity index (χ1v) is 14.5. The lowest BCUT2D eigenvalue weighted by Gasteiger charge is -2.29. The highest BCUT2D eigenvalue weighted by Crippen LogP contribution is 2.32. The Bertz CT molecular complexity index is 1550.